The summed E-state index contributed by atoms with van der Waals surface area (Å²) in [5.41, 5.74) is 0.0797. The van der Waals surface area contributed by atoms with Crippen molar-refractivity contribution in [2.45, 2.75) is 4.90 Å². The minimum Gasteiger partial charge on any atom is -0.465 e. The van der Waals surface area contributed by atoms with E-state index in [2.05, 4.69) is 36.6 Å². The van der Waals surface area contributed by atoms with Crippen molar-refractivity contribution in [2.24, 2.45) is 0 Å². The maximum Gasteiger partial charge on any atom is 0.339 e. The van der Waals surface area contributed by atoms with E-state index in [9.17, 15) is 13.2 Å². The number of hydrogen-bond acceptors (Lipinski definition) is 4. The molecule has 0 N–H and O–H groups in total. The molecule has 0 saturated heterocycles. The Labute approximate surface area is 114 Å². The lowest BCUT2D eigenvalue weighted by Crippen LogP contribution is -2.05. The first-order valence-corrected chi connectivity index (χ1v) is 7.69. The molecule has 88 valence electrons. The zero-order valence-corrected chi connectivity index (χ0v) is 12.6. The SMILES string of the molecule is COC(=O)c1cc(Br)cc(S(=O)(=O)Cl)c1Br. The van der Waals surface area contributed by atoms with Crippen LogP contribution >= 0.6 is 42.5 Å². The van der Waals surface area contributed by atoms with E-state index in [0.717, 1.165) is 0 Å². The number of rotatable bonds is 2. The number of esters is 1. The zero-order chi connectivity index (χ0) is 12.5. The van der Waals surface area contributed by atoms with Gasteiger partial charge in [0.1, 0.15) is 0 Å². The van der Waals surface area contributed by atoms with E-state index in [-0.39, 0.29) is 14.9 Å². The Balaban J connectivity index is 3.56. The fourth-order valence-corrected chi connectivity index (χ4v) is 3.88. The first kappa shape index (κ1) is 14.0. The van der Waals surface area contributed by atoms with Crippen LogP contribution in [0.25, 0.3) is 0 Å². The molecule has 0 aliphatic rings. The standard InChI is InChI=1S/C8H5Br2ClO4S/c1-15-8(12)5-2-4(9)3-6(7(5)10)16(11,13)14/h2-3H,1H3. The fourth-order valence-electron chi connectivity index (χ4n) is 1.00. The van der Waals surface area contributed by atoms with Crippen molar-refractivity contribution in [2.75, 3.05) is 7.11 Å². The van der Waals surface area contributed by atoms with Crippen molar-refractivity contribution in [1.29, 1.82) is 0 Å². The lowest BCUT2D eigenvalue weighted by Gasteiger charge is -2.07. The Morgan fingerprint density at radius 3 is 2.38 bits per heavy atom. The molecule has 0 aliphatic carbocycles. The Morgan fingerprint density at radius 1 is 1.38 bits per heavy atom. The van der Waals surface area contributed by atoms with E-state index in [1.807, 2.05) is 0 Å². The van der Waals surface area contributed by atoms with Crippen LogP contribution in [0, 0.1) is 0 Å². The van der Waals surface area contributed by atoms with Crippen LogP contribution in [0.2, 0.25) is 0 Å². The number of hydrogen-bond donors (Lipinski definition) is 0. The van der Waals surface area contributed by atoms with Crippen molar-refractivity contribution >= 4 is 57.6 Å². The van der Waals surface area contributed by atoms with Crippen LogP contribution < -0.4 is 0 Å². The average Bonchev–Trinajstić information content (AvgIpc) is 2.18. The van der Waals surface area contributed by atoms with Crippen LogP contribution in [0.3, 0.4) is 0 Å². The van der Waals surface area contributed by atoms with Crippen LogP contribution in [0.1, 0.15) is 10.4 Å². The summed E-state index contributed by atoms with van der Waals surface area (Å²) in [5.74, 6) is -0.658. The largest absolute Gasteiger partial charge is 0.465 e. The second-order valence-corrected chi connectivity index (χ2v) is 6.94. The minimum absolute atomic E-state index is 0.0797. The van der Waals surface area contributed by atoms with Gasteiger partial charge in [0.2, 0.25) is 0 Å². The first-order valence-electron chi connectivity index (χ1n) is 3.79. The number of methoxy groups -OCH3 is 1. The van der Waals surface area contributed by atoms with Crippen LogP contribution in [0.15, 0.2) is 26.0 Å². The first-order chi connectivity index (χ1) is 7.27. The molecule has 0 saturated carbocycles. The van der Waals surface area contributed by atoms with E-state index in [1.54, 1.807) is 0 Å². The van der Waals surface area contributed by atoms with Crippen LogP contribution in [-0.4, -0.2) is 21.5 Å². The summed E-state index contributed by atoms with van der Waals surface area (Å²) in [4.78, 5) is 11.2. The summed E-state index contributed by atoms with van der Waals surface area (Å²) in [6, 6.07) is 2.72. The van der Waals surface area contributed by atoms with E-state index in [0.29, 0.717) is 4.47 Å². The Kier molecular flexibility index (Phi) is 4.39. The summed E-state index contributed by atoms with van der Waals surface area (Å²) in [6.45, 7) is 0. The molecule has 0 spiro atoms. The van der Waals surface area contributed by atoms with Crippen LogP contribution in [-0.2, 0) is 13.8 Å². The van der Waals surface area contributed by atoms with Gasteiger partial charge in [0.15, 0.2) is 0 Å². The van der Waals surface area contributed by atoms with Gasteiger partial charge in [-0.25, -0.2) is 13.2 Å². The molecule has 0 radical (unpaired) electrons. The maximum atomic E-state index is 11.4. The van der Waals surface area contributed by atoms with Gasteiger partial charge in [-0.2, -0.15) is 0 Å². The quantitative estimate of drug-likeness (QED) is 0.574. The monoisotopic (exact) mass is 390 g/mol. The van der Waals surface area contributed by atoms with Gasteiger partial charge in [0.05, 0.1) is 22.0 Å². The van der Waals surface area contributed by atoms with Gasteiger partial charge >= 0.3 is 5.97 Å². The van der Waals surface area contributed by atoms with E-state index in [4.69, 9.17) is 10.7 Å². The zero-order valence-electron chi connectivity index (χ0n) is 7.83. The molecule has 8 heteroatoms. The molecule has 0 bridgehead atoms. The summed E-state index contributed by atoms with van der Waals surface area (Å²) < 4.78 is 27.5. The molecular formula is C8H5Br2ClO4S. The normalized spacial score (nSPS) is 11.2. The fraction of sp³-hybridized carbons (Fsp3) is 0.125. The molecule has 0 aromatic heterocycles. The van der Waals surface area contributed by atoms with Crippen molar-refractivity contribution in [3.63, 3.8) is 0 Å². The molecule has 0 heterocycles. The molecule has 4 nitrogen and oxygen atoms in total. The Morgan fingerprint density at radius 2 is 1.94 bits per heavy atom. The highest BCUT2D eigenvalue weighted by molar-refractivity contribution is 9.11. The predicted molar refractivity (Wildman–Crippen MR) is 66.2 cm³/mol. The van der Waals surface area contributed by atoms with Crippen molar-refractivity contribution in [3.8, 4) is 0 Å². The highest BCUT2D eigenvalue weighted by atomic mass is 79.9. The maximum absolute atomic E-state index is 11.4. The highest BCUT2D eigenvalue weighted by Gasteiger charge is 2.21. The molecule has 16 heavy (non-hydrogen) atoms. The summed E-state index contributed by atoms with van der Waals surface area (Å²) in [6.07, 6.45) is 0. The number of carbonyl (C=O) groups is 1. The van der Waals surface area contributed by atoms with Gasteiger partial charge in [-0.05, 0) is 28.1 Å². The second-order valence-electron chi connectivity index (χ2n) is 2.69. The third kappa shape index (κ3) is 2.97. The number of carbonyl (C=O) groups excluding carboxylic acids is 1. The smallest absolute Gasteiger partial charge is 0.339 e. The average molecular weight is 392 g/mol. The summed E-state index contributed by atoms with van der Waals surface area (Å²) in [7, 11) is 2.49. The molecule has 1 rings (SSSR count). The second kappa shape index (κ2) is 5.03. The Hall–Kier alpha value is -0.110. The van der Waals surface area contributed by atoms with E-state index >= 15 is 0 Å². The third-order valence-electron chi connectivity index (χ3n) is 1.67. The lowest BCUT2D eigenvalue weighted by molar-refractivity contribution is 0.0599. The molecule has 0 atom stereocenters. The number of benzene rings is 1. The van der Waals surface area contributed by atoms with Crippen molar-refractivity contribution in [3.05, 3.63) is 26.6 Å². The van der Waals surface area contributed by atoms with Gasteiger partial charge in [0, 0.05) is 15.2 Å². The van der Waals surface area contributed by atoms with Crippen LogP contribution in [0.5, 0.6) is 0 Å². The van der Waals surface area contributed by atoms with Gasteiger partial charge in [-0.15, -0.1) is 0 Å². The van der Waals surface area contributed by atoms with E-state index < -0.39 is 15.0 Å². The number of halogens is 3. The topological polar surface area (TPSA) is 60.4 Å². The molecule has 0 amide bonds. The molecule has 0 fully saturated rings. The molecule has 0 unspecified atom stereocenters. The van der Waals surface area contributed by atoms with Gasteiger partial charge in [-0.3, -0.25) is 0 Å². The third-order valence-corrected chi connectivity index (χ3v) is 4.59. The van der Waals surface area contributed by atoms with Crippen molar-refractivity contribution in [1.82, 2.24) is 0 Å². The van der Waals surface area contributed by atoms with Gasteiger partial charge in [-0.1, -0.05) is 15.9 Å². The van der Waals surface area contributed by atoms with Crippen LogP contribution in [0.4, 0.5) is 0 Å². The molecular weight excluding hydrogens is 387 g/mol. The van der Waals surface area contributed by atoms with Gasteiger partial charge in [0.25, 0.3) is 9.05 Å². The molecule has 1 aromatic carbocycles. The molecule has 0 aliphatic heterocycles. The van der Waals surface area contributed by atoms with Gasteiger partial charge < -0.3 is 4.74 Å². The highest BCUT2D eigenvalue weighted by Crippen LogP contribution is 2.32. The lowest BCUT2D eigenvalue weighted by atomic mass is 10.2. The Bertz CT molecular complexity index is 541. The summed E-state index contributed by atoms with van der Waals surface area (Å²) in [5, 5.41) is 0. The van der Waals surface area contributed by atoms with Crippen molar-refractivity contribution < 1.29 is 17.9 Å². The minimum atomic E-state index is -3.93. The number of ether oxygens (including phenoxy) is 1. The summed E-state index contributed by atoms with van der Waals surface area (Å²) >= 11 is 6.09. The van der Waals surface area contributed by atoms with E-state index in [1.165, 1.54) is 19.2 Å². The molecule has 1 aromatic rings. The predicted octanol–water partition coefficient (Wildman–Crippen LogP) is 2.93.